The number of aromatic hydroxyl groups is 1. The van der Waals surface area contributed by atoms with E-state index in [1.807, 2.05) is 30.3 Å². The van der Waals surface area contributed by atoms with Gasteiger partial charge in [-0.3, -0.25) is 4.99 Å². The predicted octanol–water partition coefficient (Wildman–Crippen LogP) is 3.76. The largest absolute Gasteiger partial charge is 0.505 e. The van der Waals surface area contributed by atoms with Gasteiger partial charge >= 0.3 is 0 Å². The summed E-state index contributed by atoms with van der Waals surface area (Å²) in [6.07, 6.45) is -0.655. The first kappa shape index (κ1) is 21.4. The molecule has 1 unspecified atom stereocenters. The van der Waals surface area contributed by atoms with Crippen LogP contribution in [0.25, 0.3) is 10.1 Å². The Morgan fingerprint density at radius 2 is 1.96 bits per heavy atom. The highest BCUT2D eigenvalue weighted by atomic mass is 127. The third-order valence-corrected chi connectivity index (χ3v) is 5.15. The molecule has 0 saturated carbocycles. The minimum Gasteiger partial charge on any atom is -0.505 e. The van der Waals surface area contributed by atoms with Crippen molar-refractivity contribution in [3.63, 3.8) is 0 Å². The number of nitrogens with one attached hydrogen (secondary N) is 2. The van der Waals surface area contributed by atoms with Gasteiger partial charge in [0.05, 0.1) is 0 Å². The molecule has 0 radical (unpaired) electrons. The molecule has 0 aliphatic heterocycles. The lowest BCUT2D eigenvalue weighted by molar-refractivity contribution is 0.184. The van der Waals surface area contributed by atoms with Gasteiger partial charge in [-0.25, -0.2) is 4.39 Å². The van der Waals surface area contributed by atoms with Crippen LogP contribution in [-0.4, -0.2) is 29.8 Å². The molecule has 0 spiro atoms. The molecular weight excluding hydrogens is 480 g/mol. The second-order valence-corrected chi connectivity index (χ2v) is 6.91. The normalized spacial score (nSPS) is 12.5. The number of thiophene rings is 1. The zero-order valence-electron chi connectivity index (χ0n) is 14.6. The molecule has 1 heterocycles. The maximum atomic E-state index is 13.4. The minimum atomic E-state index is -0.660. The van der Waals surface area contributed by atoms with Crippen molar-refractivity contribution in [2.24, 2.45) is 4.99 Å². The molecule has 0 bridgehead atoms. The van der Waals surface area contributed by atoms with Gasteiger partial charge in [0.1, 0.15) is 6.10 Å². The summed E-state index contributed by atoms with van der Waals surface area (Å²) in [5, 5.41) is 26.8. The van der Waals surface area contributed by atoms with Gasteiger partial charge in [-0.1, -0.05) is 24.3 Å². The summed E-state index contributed by atoms with van der Waals surface area (Å²) in [7, 11) is 1.62. The highest BCUT2D eigenvalue weighted by Gasteiger charge is 2.12. The van der Waals surface area contributed by atoms with Gasteiger partial charge in [0, 0.05) is 29.7 Å². The summed E-state index contributed by atoms with van der Waals surface area (Å²) < 4.78 is 14.5. The van der Waals surface area contributed by atoms with E-state index in [1.54, 1.807) is 24.5 Å². The van der Waals surface area contributed by atoms with E-state index in [-0.39, 0.29) is 29.7 Å². The van der Waals surface area contributed by atoms with E-state index in [1.165, 1.54) is 12.1 Å². The lowest BCUT2D eigenvalue weighted by Gasteiger charge is -2.14. The fraction of sp³-hybridized carbons (Fsp3) is 0.211. The van der Waals surface area contributed by atoms with Crippen LogP contribution in [0.1, 0.15) is 16.5 Å². The van der Waals surface area contributed by atoms with Gasteiger partial charge in [0.15, 0.2) is 17.5 Å². The average molecular weight is 501 g/mol. The highest BCUT2D eigenvalue weighted by Crippen LogP contribution is 2.29. The van der Waals surface area contributed by atoms with Crippen LogP contribution in [0.5, 0.6) is 5.75 Å². The van der Waals surface area contributed by atoms with Crippen LogP contribution in [-0.2, 0) is 6.54 Å². The van der Waals surface area contributed by atoms with E-state index >= 15 is 0 Å². The summed E-state index contributed by atoms with van der Waals surface area (Å²) in [4.78, 5) is 4.98. The van der Waals surface area contributed by atoms with Crippen LogP contribution < -0.4 is 10.6 Å². The van der Waals surface area contributed by atoms with Gasteiger partial charge in [0.2, 0.25) is 0 Å². The average Bonchev–Trinajstić information content (AvgIpc) is 3.08. The zero-order chi connectivity index (χ0) is 18.5. The summed E-state index contributed by atoms with van der Waals surface area (Å²) in [5.41, 5.74) is 0.674. The maximum Gasteiger partial charge on any atom is 0.191 e. The van der Waals surface area contributed by atoms with Crippen molar-refractivity contribution < 1.29 is 14.6 Å². The maximum absolute atomic E-state index is 13.4. The lowest BCUT2D eigenvalue weighted by atomic mass is 10.2. The number of rotatable bonds is 5. The van der Waals surface area contributed by atoms with Crippen LogP contribution in [0.4, 0.5) is 4.39 Å². The molecule has 8 heteroatoms. The number of fused-ring (bicyclic) bond motifs is 1. The van der Waals surface area contributed by atoms with Crippen molar-refractivity contribution in [2.75, 3.05) is 13.6 Å². The predicted molar refractivity (Wildman–Crippen MR) is 118 cm³/mol. The molecule has 1 aromatic heterocycles. The molecule has 0 amide bonds. The number of aliphatic imine (C=N–C) groups is 1. The van der Waals surface area contributed by atoms with Crippen molar-refractivity contribution in [1.82, 2.24) is 10.6 Å². The zero-order valence-corrected chi connectivity index (χ0v) is 17.8. The molecule has 4 N–H and O–H groups in total. The van der Waals surface area contributed by atoms with Gasteiger partial charge in [-0.05, 0) is 35.2 Å². The van der Waals surface area contributed by atoms with Gasteiger partial charge in [-0.2, -0.15) is 0 Å². The molecule has 144 valence electrons. The summed E-state index contributed by atoms with van der Waals surface area (Å²) in [6.45, 7) is 0.645. The van der Waals surface area contributed by atoms with Crippen LogP contribution in [0.15, 0.2) is 53.5 Å². The summed E-state index contributed by atoms with van der Waals surface area (Å²) in [5.74, 6) is -0.534. The number of guanidine groups is 1. The molecule has 0 aliphatic rings. The molecule has 5 nitrogen and oxygen atoms in total. The van der Waals surface area contributed by atoms with Crippen molar-refractivity contribution in [1.29, 1.82) is 0 Å². The Morgan fingerprint density at radius 3 is 2.67 bits per heavy atom. The molecule has 0 saturated heterocycles. The van der Waals surface area contributed by atoms with Crippen LogP contribution in [0.3, 0.4) is 0 Å². The number of hydrogen-bond acceptors (Lipinski definition) is 4. The first-order valence-corrected chi connectivity index (χ1v) is 8.97. The second kappa shape index (κ2) is 9.86. The number of phenols is 1. The number of benzene rings is 2. The van der Waals surface area contributed by atoms with Crippen molar-refractivity contribution in [3.05, 3.63) is 64.8 Å². The number of halogens is 2. The summed E-state index contributed by atoms with van der Waals surface area (Å²) >= 11 is 1.56. The van der Waals surface area contributed by atoms with Crippen molar-refractivity contribution in [2.45, 2.75) is 12.6 Å². The molecule has 0 aliphatic carbocycles. The van der Waals surface area contributed by atoms with Crippen LogP contribution in [0.2, 0.25) is 0 Å². The van der Waals surface area contributed by atoms with E-state index in [4.69, 9.17) is 0 Å². The van der Waals surface area contributed by atoms with E-state index in [2.05, 4.69) is 15.6 Å². The Hall–Kier alpha value is -1.91. The molecule has 3 aromatic rings. The molecule has 0 fully saturated rings. The lowest BCUT2D eigenvalue weighted by Crippen LogP contribution is -2.38. The first-order valence-electron chi connectivity index (χ1n) is 8.15. The smallest absolute Gasteiger partial charge is 0.191 e. The van der Waals surface area contributed by atoms with E-state index < -0.39 is 11.9 Å². The van der Waals surface area contributed by atoms with Crippen molar-refractivity contribution in [3.8, 4) is 5.75 Å². The quantitative estimate of drug-likeness (QED) is 0.244. The number of aliphatic hydroxyl groups is 1. The molecular formula is C19H21FIN3O2S. The first-order chi connectivity index (χ1) is 12.6. The Labute approximate surface area is 178 Å². The monoisotopic (exact) mass is 501 g/mol. The summed E-state index contributed by atoms with van der Waals surface area (Å²) in [6, 6.07) is 14.2. The molecule has 1 atom stereocenters. The highest BCUT2D eigenvalue weighted by molar-refractivity contribution is 14.0. The number of hydrogen-bond donors (Lipinski definition) is 4. The topological polar surface area (TPSA) is 76.9 Å². The third-order valence-electron chi connectivity index (χ3n) is 3.93. The number of aliphatic hydroxyl groups excluding tert-OH is 1. The Balaban J connectivity index is 0.00000261. The van der Waals surface area contributed by atoms with Gasteiger partial charge in [0.25, 0.3) is 0 Å². The Kier molecular flexibility index (Phi) is 7.81. The van der Waals surface area contributed by atoms with Crippen LogP contribution in [0, 0.1) is 5.82 Å². The van der Waals surface area contributed by atoms with Crippen molar-refractivity contribution >= 4 is 51.4 Å². The Bertz CT molecular complexity index is 899. The third kappa shape index (κ3) is 5.53. The fourth-order valence-electron chi connectivity index (χ4n) is 2.53. The SMILES string of the molecule is CN=C(NCc1ccc(O)c(F)c1)NCC(O)c1cc2ccccc2s1.I. The van der Waals surface area contributed by atoms with Gasteiger partial charge in [-0.15, -0.1) is 35.3 Å². The number of nitrogens with zero attached hydrogens (tertiary/aromatic N) is 1. The number of phenolic OH excluding ortho intramolecular Hbond substituents is 1. The fourth-order valence-corrected chi connectivity index (χ4v) is 3.58. The molecule has 3 rings (SSSR count). The van der Waals surface area contributed by atoms with E-state index in [0.29, 0.717) is 24.6 Å². The van der Waals surface area contributed by atoms with E-state index in [0.717, 1.165) is 15.0 Å². The molecule has 2 aromatic carbocycles. The molecule has 27 heavy (non-hydrogen) atoms. The second-order valence-electron chi connectivity index (χ2n) is 5.79. The Morgan fingerprint density at radius 1 is 1.19 bits per heavy atom. The van der Waals surface area contributed by atoms with E-state index in [9.17, 15) is 14.6 Å². The standard InChI is InChI=1S/C19H20FN3O2S.HI/c1-21-19(22-10-12-6-7-15(24)14(20)8-12)23-11-16(25)18-9-13-4-2-3-5-17(13)26-18;/h2-9,16,24-25H,10-11H2,1H3,(H2,21,22,23);1H. The minimum absolute atomic E-state index is 0. The van der Waals surface area contributed by atoms with Gasteiger partial charge < -0.3 is 20.8 Å². The van der Waals surface area contributed by atoms with Crippen LogP contribution >= 0.6 is 35.3 Å².